The summed E-state index contributed by atoms with van der Waals surface area (Å²) in [7, 11) is -4.58. The number of sulfone groups is 1. The van der Waals surface area contributed by atoms with E-state index in [2.05, 4.69) is 0 Å². The Balaban J connectivity index is 1.55. The lowest BCUT2D eigenvalue weighted by Crippen LogP contribution is -2.56. The predicted molar refractivity (Wildman–Crippen MR) is 167 cm³/mol. The number of amides is 3. The number of ether oxygens (including phenoxy) is 1. The van der Waals surface area contributed by atoms with Crippen molar-refractivity contribution in [3.05, 3.63) is 101 Å². The second-order valence-corrected chi connectivity index (χ2v) is 14.5. The smallest absolute Gasteiger partial charge is 0.349 e. The van der Waals surface area contributed by atoms with Crippen molar-refractivity contribution in [1.29, 1.82) is 5.26 Å². The summed E-state index contributed by atoms with van der Waals surface area (Å²) in [4.78, 5) is 29.1. The molecule has 2 aliphatic rings. The third-order valence-corrected chi connectivity index (χ3v) is 11.8. The number of urea groups is 1. The summed E-state index contributed by atoms with van der Waals surface area (Å²) in [6, 6.07) is 12.5. The Kier molecular flexibility index (Phi) is 10.2. The zero-order chi connectivity index (χ0) is 37.4. The Morgan fingerprint density at radius 1 is 0.843 bits per heavy atom. The number of benzene rings is 3. The fraction of sp³-hybridized carbons (Fsp3) is 0.382. The minimum absolute atomic E-state index is 0.0138. The molecular weight excluding hydrogens is 709 g/mol. The van der Waals surface area contributed by atoms with E-state index in [4.69, 9.17) is 10.00 Å². The van der Waals surface area contributed by atoms with Gasteiger partial charge in [0, 0.05) is 51.8 Å². The number of carbonyl (C=O) groups excluding carboxylic acids is 2. The summed E-state index contributed by atoms with van der Waals surface area (Å²) < 4.78 is 133. The van der Waals surface area contributed by atoms with Gasteiger partial charge in [-0.1, -0.05) is 36.4 Å². The number of carbonyl (C=O) groups is 2. The fourth-order valence-electron chi connectivity index (χ4n) is 6.47. The minimum Gasteiger partial charge on any atom is -0.349 e. The maximum Gasteiger partial charge on any atom is 0.430 e. The van der Waals surface area contributed by atoms with Crippen LogP contribution >= 0.6 is 0 Å². The van der Waals surface area contributed by atoms with Crippen LogP contribution in [0.1, 0.15) is 35.6 Å². The molecule has 0 radical (unpaired) electrons. The molecule has 9 nitrogen and oxygen atoms in total. The van der Waals surface area contributed by atoms with Gasteiger partial charge >= 0.3 is 18.4 Å². The predicted octanol–water partition coefficient (Wildman–Crippen LogP) is 5.89. The van der Waals surface area contributed by atoms with Gasteiger partial charge in [0.25, 0.3) is 5.60 Å². The van der Waals surface area contributed by atoms with E-state index in [9.17, 15) is 48.7 Å². The summed E-state index contributed by atoms with van der Waals surface area (Å²) >= 11 is 0. The number of piperazine rings is 1. The summed E-state index contributed by atoms with van der Waals surface area (Å²) in [5.41, 5.74) is -6.59. The molecule has 2 fully saturated rings. The summed E-state index contributed by atoms with van der Waals surface area (Å²) in [5, 5.41) is 9.10. The van der Waals surface area contributed by atoms with E-state index in [1.807, 2.05) is 0 Å². The second-order valence-electron chi connectivity index (χ2n) is 12.3. The maximum atomic E-state index is 14.6. The van der Waals surface area contributed by atoms with Crippen molar-refractivity contribution < 1.29 is 53.5 Å². The quantitative estimate of drug-likeness (QED) is 0.221. The van der Waals surface area contributed by atoms with Crippen molar-refractivity contribution in [1.82, 2.24) is 14.7 Å². The lowest BCUT2D eigenvalue weighted by molar-refractivity contribution is -0.392. The zero-order valence-corrected chi connectivity index (χ0v) is 27.8. The molecule has 0 aromatic heterocycles. The number of alkyl halides is 6. The van der Waals surface area contributed by atoms with E-state index >= 15 is 0 Å². The minimum atomic E-state index is -6.06. The molecule has 0 spiro atoms. The van der Waals surface area contributed by atoms with Crippen LogP contribution in [0, 0.1) is 17.1 Å². The number of hydrogen-bond donors (Lipinski definition) is 0. The van der Waals surface area contributed by atoms with Crippen LogP contribution in [-0.4, -0.2) is 86.7 Å². The highest BCUT2D eigenvalue weighted by Crippen LogP contribution is 2.54. The van der Waals surface area contributed by atoms with E-state index in [-0.39, 0.29) is 66.6 Å². The van der Waals surface area contributed by atoms with E-state index in [1.165, 1.54) is 39.8 Å². The molecule has 3 aromatic rings. The van der Waals surface area contributed by atoms with E-state index in [1.54, 1.807) is 6.07 Å². The standard InChI is InChI=1S/C34H31F7N4O5S/c1-23(46)43-15-17-44(18-16-43)30(47)45-14-13-31(22-45,51(48,49)29-11-9-28(35)10-12-29)26-5-7-27(8-6-26)32(33(36,37)38,34(39,40)41)50-21-25-4-2-3-24(19-25)20-42/h2-12,19H,13-18,21-22H2,1H3. The molecule has 2 aliphatic heterocycles. The van der Waals surface area contributed by atoms with Crippen LogP contribution in [0.25, 0.3) is 0 Å². The Morgan fingerprint density at radius 3 is 1.98 bits per heavy atom. The van der Waals surface area contributed by atoms with Crippen LogP contribution in [0.3, 0.4) is 0 Å². The molecule has 17 heteroatoms. The van der Waals surface area contributed by atoms with Gasteiger partial charge in [-0.3, -0.25) is 4.79 Å². The Hall–Kier alpha value is -4.69. The normalized spacial score (nSPS) is 18.8. The van der Waals surface area contributed by atoms with Gasteiger partial charge in [0.15, 0.2) is 9.84 Å². The molecule has 0 bridgehead atoms. The summed E-state index contributed by atoms with van der Waals surface area (Å²) in [5.74, 6) is -0.940. The highest BCUT2D eigenvalue weighted by molar-refractivity contribution is 7.92. The molecule has 1 unspecified atom stereocenters. The van der Waals surface area contributed by atoms with Crippen LogP contribution in [0.5, 0.6) is 0 Å². The lowest BCUT2D eigenvalue weighted by atomic mass is 9.88. The van der Waals surface area contributed by atoms with Gasteiger partial charge in [-0.2, -0.15) is 31.6 Å². The number of hydrogen-bond acceptors (Lipinski definition) is 6. The van der Waals surface area contributed by atoms with Gasteiger partial charge in [-0.05, 0) is 53.9 Å². The van der Waals surface area contributed by atoms with Crippen molar-refractivity contribution >= 4 is 21.8 Å². The van der Waals surface area contributed by atoms with Crippen LogP contribution < -0.4 is 0 Å². The number of rotatable bonds is 7. The summed E-state index contributed by atoms with van der Waals surface area (Å²) in [6.45, 7) is 0.311. The molecule has 3 amide bonds. The average Bonchev–Trinajstić information content (AvgIpc) is 3.55. The lowest BCUT2D eigenvalue weighted by Gasteiger charge is -2.38. The van der Waals surface area contributed by atoms with Gasteiger partial charge in [-0.15, -0.1) is 0 Å². The third kappa shape index (κ3) is 6.86. The zero-order valence-electron chi connectivity index (χ0n) is 27.0. The van der Waals surface area contributed by atoms with Crippen LogP contribution in [0.2, 0.25) is 0 Å². The van der Waals surface area contributed by atoms with E-state index in [0.29, 0.717) is 12.1 Å². The van der Waals surface area contributed by atoms with Crippen molar-refractivity contribution in [3.63, 3.8) is 0 Å². The molecule has 5 rings (SSSR count). The monoisotopic (exact) mass is 740 g/mol. The second kappa shape index (κ2) is 13.8. The Labute approximate surface area is 288 Å². The van der Waals surface area contributed by atoms with Gasteiger partial charge in [-0.25, -0.2) is 17.6 Å². The molecule has 2 heterocycles. The highest BCUT2D eigenvalue weighted by atomic mass is 32.2. The first kappa shape index (κ1) is 37.6. The van der Waals surface area contributed by atoms with Gasteiger partial charge < -0.3 is 19.4 Å². The molecule has 0 aliphatic carbocycles. The van der Waals surface area contributed by atoms with Gasteiger partial charge in [0.2, 0.25) is 5.91 Å². The van der Waals surface area contributed by atoms with Crippen molar-refractivity contribution in [2.75, 3.05) is 39.3 Å². The number of nitrogens with zero attached hydrogens (tertiary/aromatic N) is 4. The van der Waals surface area contributed by atoms with Crippen LogP contribution in [-0.2, 0) is 36.3 Å². The molecule has 2 saturated heterocycles. The fourth-order valence-corrected chi connectivity index (χ4v) is 8.55. The molecule has 51 heavy (non-hydrogen) atoms. The molecule has 1 atom stereocenters. The number of likely N-dealkylation sites (tertiary alicyclic amines) is 1. The first-order valence-corrected chi connectivity index (χ1v) is 17.0. The SMILES string of the molecule is CC(=O)N1CCN(C(=O)N2CCC(c3ccc(C(OCc4cccc(C#N)c4)(C(F)(F)F)C(F)(F)F)cc3)(S(=O)(=O)c3ccc(F)cc3)C2)CC1. The van der Waals surface area contributed by atoms with E-state index < -0.39 is 63.1 Å². The van der Waals surface area contributed by atoms with Crippen molar-refractivity contribution in [2.45, 2.75) is 47.5 Å². The molecule has 0 saturated carbocycles. The molecule has 272 valence electrons. The van der Waals surface area contributed by atoms with E-state index in [0.717, 1.165) is 42.5 Å². The first-order valence-electron chi connectivity index (χ1n) is 15.5. The molecule has 0 N–H and O–H groups in total. The molecular formula is C34H31F7N4O5S. The molecule has 3 aromatic carbocycles. The average molecular weight is 741 g/mol. The topological polar surface area (TPSA) is 111 Å². The third-order valence-electron chi connectivity index (χ3n) is 9.26. The van der Waals surface area contributed by atoms with Crippen LogP contribution in [0.15, 0.2) is 77.7 Å². The first-order chi connectivity index (χ1) is 23.9. The maximum absolute atomic E-state index is 14.6. The van der Waals surface area contributed by atoms with Crippen LogP contribution in [0.4, 0.5) is 35.5 Å². The van der Waals surface area contributed by atoms with Gasteiger partial charge in [0.1, 0.15) is 10.6 Å². The number of nitriles is 1. The largest absolute Gasteiger partial charge is 0.430 e. The highest BCUT2D eigenvalue weighted by Gasteiger charge is 2.73. The Morgan fingerprint density at radius 2 is 1.43 bits per heavy atom. The summed E-state index contributed by atoms with van der Waals surface area (Å²) in [6.07, 6.45) is -12.4. The Bertz CT molecular complexity index is 1910. The van der Waals surface area contributed by atoms with Crippen molar-refractivity contribution in [3.8, 4) is 6.07 Å². The number of halogens is 7. The van der Waals surface area contributed by atoms with Crippen molar-refractivity contribution in [2.24, 2.45) is 0 Å². The van der Waals surface area contributed by atoms with Gasteiger partial charge in [0.05, 0.1) is 23.1 Å².